The third-order valence-corrected chi connectivity index (χ3v) is 7.08. The Morgan fingerprint density at radius 1 is 0.909 bits per heavy atom. The topological polar surface area (TPSA) is 68.7 Å². The molecule has 1 aliphatic heterocycles. The van der Waals surface area contributed by atoms with E-state index in [-0.39, 0.29) is 18.2 Å². The first-order valence-corrected chi connectivity index (χ1v) is 11.8. The molecule has 0 saturated carbocycles. The number of esters is 1. The number of anilines is 2. The third-order valence-electron chi connectivity index (χ3n) is 5.06. The summed E-state index contributed by atoms with van der Waals surface area (Å²) in [5.41, 5.74) is 2.60. The minimum atomic E-state index is -0.632. The maximum Gasteiger partial charge on any atom is 0.358 e. The van der Waals surface area contributed by atoms with Gasteiger partial charge in [-0.05, 0) is 48.5 Å². The Labute approximate surface area is 198 Å². The maximum absolute atomic E-state index is 13.2. The third kappa shape index (κ3) is 4.22. The molecule has 0 unspecified atom stereocenters. The van der Waals surface area contributed by atoms with Gasteiger partial charge in [0.05, 0.1) is 18.5 Å². The number of thiazole rings is 1. The average Bonchev–Trinajstić information content (AvgIpc) is 3.36. The second kappa shape index (κ2) is 9.09. The molecular weight excluding hydrogens is 456 g/mol. The van der Waals surface area contributed by atoms with Crippen LogP contribution in [0, 0.1) is 0 Å². The molecule has 0 fully saturated rings. The van der Waals surface area contributed by atoms with Gasteiger partial charge in [-0.3, -0.25) is 9.69 Å². The number of para-hydroxylation sites is 2. The molecule has 33 heavy (non-hydrogen) atoms. The van der Waals surface area contributed by atoms with Gasteiger partial charge < -0.3 is 9.47 Å². The summed E-state index contributed by atoms with van der Waals surface area (Å²) in [4.78, 5) is 33.7. The van der Waals surface area contributed by atoms with E-state index < -0.39 is 5.97 Å². The Bertz CT molecular complexity index is 1290. The van der Waals surface area contributed by atoms with Gasteiger partial charge in [0.1, 0.15) is 10.8 Å². The van der Waals surface area contributed by atoms with Crippen LogP contribution in [0.2, 0.25) is 0 Å². The SMILES string of the molecule is COc1ccc(-c2nc(C(=O)OCC(=O)N3c4ccccc4Sc4ccccc43)cs2)cc1. The first-order valence-electron chi connectivity index (χ1n) is 10.1. The molecule has 2 heterocycles. The van der Waals surface area contributed by atoms with E-state index in [1.807, 2.05) is 72.8 Å². The molecule has 0 atom stereocenters. The summed E-state index contributed by atoms with van der Waals surface area (Å²) in [6, 6.07) is 22.8. The van der Waals surface area contributed by atoms with Crippen LogP contribution >= 0.6 is 23.1 Å². The molecule has 0 aliphatic carbocycles. The van der Waals surface area contributed by atoms with E-state index in [1.54, 1.807) is 29.2 Å². The van der Waals surface area contributed by atoms with Crippen molar-refractivity contribution in [1.82, 2.24) is 4.98 Å². The summed E-state index contributed by atoms with van der Waals surface area (Å²) in [7, 11) is 1.60. The van der Waals surface area contributed by atoms with Gasteiger partial charge in [0, 0.05) is 20.7 Å². The van der Waals surface area contributed by atoms with E-state index in [0.29, 0.717) is 5.01 Å². The quantitative estimate of drug-likeness (QED) is 0.340. The molecule has 0 bridgehead atoms. The Morgan fingerprint density at radius 3 is 2.18 bits per heavy atom. The van der Waals surface area contributed by atoms with Gasteiger partial charge in [0.2, 0.25) is 0 Å². The number of methoxy groups -OCH3 is 1. The normalized spacial score (nSPS) is 12.0. The van der Waals surface area contributed by atoms with Gasteiger partial charge in [-0.1, -0.05) is 36.0 Å². The van der Waals surface area contributed by atoms with E-state index in [2.05, 4.69) is 4.98 Å². The van der Waals surface area contributed by atoms with Crippen molar-refractivity contribution in [3.05, 3.63) is 83.9 Å². The molecule has 1 aromatic heterocycles. The summed E-state index contributed by atoms with van der Waals surface area (Å²) < 4.78 is 10.5. The molecule has 1 aliphatic rings. The second-order valence-electron chi connectivity index (χ2n) is 7.11. The van der Waals surface area contributed by atoms with Crippen LogP contribution in [0.3, 0.4) is 0 Å². The molecule has 5 rings (SSSR count). The molecule has 0 N–H and O–H groups in total. The van der Waals surface area contributed by atoms with E-state index >= 15 is 0 Å². The lowest BCUT2D eigenvalue weighted by molar-refractivity contribution is -0.121. The molecule has 164 valence electrons. The fraction of sp³-hybridized carbons (Fsp3) is 0.0800. The Morgan fingerprint density at radius 2 is 1.55 bits per heavy atom. The van der Waals surface area contributed by atoms with E-state index in [0.717, 1.165) is 32.5 Å². The lowest BCUT2D eigenvalue weighted by atomic mass is 10.2. The molecular formula is C25H18N2O4S2. The fourth-order valence-corrected chi connectivity index (χ4v) is 5.33. The zero-order valence-electron chi connectivity index (χ0n) is 17.6. The van der Waals surface area contributed by atoms with E-state index in [1.165, 1.54) is 11.3 Å². The number of benzene rings is 3. The highest BCUT2D eigenvalue weighted by atomic mass is 32.2. The van der Waals surface area contributed by atoms with Crippen molar-refractivity contribution in [2.45, 2.75) is 9.79 Å². The molecule has 0 radical (unpaired) electrons. The molecule has 0 spiro atoms. The number of hydrogen-bond acceptors (Lipinski definition) is 7. The number of carbonyl (C=O) groups excluding carboxylic acids is 2. The van der Waals surface area contributed by atoms with Crippen molar-refractivity contribution >= 4 is 46.3 Å². The van der Waals surface area contributed by atoms with Crippen molar-refractivity contribution in [2.75, 3.05) is 18.6 Å². The Hall–Kier alpha value is -3.62. The number of nitrogens with zero attached hydrogens (tertiary/aromatic N) is 2. The zero-order valence-corrected chi connectivity index (χ0v) is 19.2. The molecule has 0 saturated heterocycles. The lowest BCUT2D eigenvalue weighted by Crippen LogP contribution is -2.32. The van der Waals surface area contributed by atoms with Gasteiger partial charge in [0.15, 0.2) is 12.3 Å². The zero-order chi connectivity index (χ0) is 22.8. The molecule has 1 amide bonds. The Kier molecular flexibility index (Phi) is 5.85. The number of carbonyl (C=O) groups is 2. The maximum atomic E-state index is 13.2. The van der Waals surface area contributed by atoms with Crippen LogP contribution in [0.5, 0.6) is 5.75 Å². The highest BCUT2D eigenvalue weighted by molar-refractivity contribution is 7.99. The van der Waals surface area contributed by atoms with Gasteiger partial charge in [-0.2, -0.15) is 0 Å². The number of fused-ring (bicyclic) bond motifs is 2. The van der Waals surface area contributed by atoms with Crippen molar-refractivity contribution < 1.29 is 19.1 Å². The monoisotopic (exact) mass is 474 g/mol. The van der Waals surface area contributed by atoms with E-state index in [4.69, 9.17) is 9.47 Å². The van der Waals surface area contributed by atoms with Gasteiger partial charge in [0.25, 0.3) is 5.91 Å². The molecule has 4 aromatic rings. The number of amides is 1. The van der Waals surface area contributed by atoms with Crippen molar-refractivity contribution in [3.63, 3.8) is 0 Å². The van der Waals surface area contributed by atoms with Crippen LogP contribution in [0.4, 0.5) is 11.4 Å². The first kappa shape index (κ1) is 21.2. The van der Waals surface area contributed by atoms with E-state index in [9.17, 15) is 9.59 Å². The summed E-state index contributed by atoms with van der Waals surface area (Å²) in [5.74, 6) is -0.214. The van der Waals surface area contributed by atoms with Crippen molar-refractivity contribution in [2.24, 2.45) is 0 Å². The summed E-state index contributed by atoms with van der Waals surface area (Å²) in [5, 5.41) is 2.32. The molecule has 8 heteroatoms. The number of rotatable bonds is 5. The average molecular weight is 475 g/mol. The number of aromatic nitrogens is 1. The predicted molar refractivity (Wildman–Crippen MR) is 129 cm³/mol. The highest BCUT2D eigenvalue weighted by Gasteiger charge is 2.28. The summed E-state index contributed by atoms with van der Waals surface area (Å²) in [6.45, 7) is -0.387. The van der Waals surface area contributed by atoms with Crippen LogP contribution in [0.1, 0.15) is 10.5 Å². The molecule has 3 aromatic carbocycles. The summed E-state index contributed by atoms with van der Waals surface area (Å²) in [6.07, 6.45) is 0. The minimum absolute atomic E-state index is 0.175. The van der Waals surface area contributed by atoms with Crippen LogP contribution in [-0.4, -0.2) is 30.6 Å². The fourth-order valence-electron chi connectivity index (χ4n) is 3.47. The van der Waals surface area contributed by atoms with Crippen LogP contribution in [-0.2, 0) is 9.53 Å². The van der Waals surface area contributed by atoms with Gasteiger partial charge in [-0.15, -0.1) is 11.3 Å². The second-order valence-corrected chi connectivity index (χ2v) is 9.05. The minimum Gasteiger partial charge on any atom is -0.497 e. The Balaban J connectivity index is 1.31. The van der Waals surface area contributed by atoms with Gasteiger partial charge in [-0.25, -0.2) is 9.78 Å². The standard InChI is InChI=1S/C25H18N2O4S2/c1-30-17-12-10-16(11-13-17)24-26-18(15-32-24)25(29)31-14-23(28)27-19-6-2-4-8-21(19)33-22-9-5-3-7-20(22)27/h2-13,15H,14H2,1H3. The number of ether oxygens (including phenoxy) is 2. The predicted octanol–water partition coefficient (Wildman–Crippen LogP) is 5.81. The van der Waals surface area contributed by atoms with Crippen LogP contribution in [0.15, 0.2) is 88.0 Å². The van der Waals surface area contributed by atoms with Gasteiger partial charge >= 0.3 is 5.97 Å². The largest absolute Gasteiger partial charge is 0.497 e. The lowest BCUT2D eigenvalue weighted by Gasteiger charge is -2.30. The van der Waals surface area contributed by atoms with Crippen LogP contribution < -0.4 is 9.64 Å². The molecule has 6 nitrogen and oxygen atoms in total. The smallest absolute Gasteiger partial charge is 0.358 e. The van der Waals surface area contributed by atoms with Crippen molar-refractivity contribution in [1.29, 1.82) is 0 Å². The van der Waals surface area contributed by atoms with Crippen molar-refractivity contribution in [3.8, 4) is 16.3 Å². The summed E-state index contributed by atoms with van der Waals surface area (Å²) >= 11 is 2.95. The highest BCUT2D eigenvalue weighted by Crippen LogP contribution is 2.47. The van der Waals surface area contributed by atoms with Crippen LogP contribution in [0.25, 0.3) is 10.6 Å². The number of hydrogen-bond donors (Lipinski definition) is 0. The first-order chi connectivity index (χ1) is 16.1.